The quantitative estimate of drug-likeness (QED) is 0.508. The minimum Gasteiger partial charge on any atom is -0.358 e. The maximum Gasteiger partial charge on any atom is 0.404 e. The minimum absolute atomic E-state index is 0.170. The molecule has 10 heteroatoms. The number of hydrogen-bond donors (Lipinski definition) is 1. The molecule has 1 atom stereocenters. The normalized spacial score (nSPS) is 16.2. The SMILES string of the molecule is Cc1c(Br)c([N+](=O)[O-])nn1CC(=O)Nc1sc2c(c1C#N)CC[C@H](C(C)(C)C)C2. The lowest BCUT2D eigenvalue weighted by atomic mass is 9.72. The summed E-state index contributed by atoms with van der Waals surface area (Å²) in [6.07, 6.45) is 2.77. The summed E-state index contributed by atoms with van der Waals surface area (Å²) in [5.74, 6) is -0.165. The van der Waals surface area contributed by atoms with Gasteiger partial charge in [0.15, 0.2) is 0 Å². The van der Waals surface area contributed by atoms with Crippen molar-refractivity contribution in [2.75, 3.05) is 5.32 Å². The molecule has 1 aliphatic rings. The van der Waals surface area contributed by atoms with Gasteiger partial charge in [0, 0.05) is 4.88 Å². The molecule has 0 spiro atoms. The van der Waals surface area contributed by atoms with Gasteiger partial charge in [0.2, 0.25) is 5.91 Å². The first-order valence-electron chi connectivity index (χ1n) is 9.24. The molecule has 0 aliphatic heterocycles. The minimum atomic E-state index is -0.599. The van der Waals surface area contributed by atoms with Crippen molar-refractivity contribution in [3.63, 3.8) is 0 Å². The van der Waals surface area contributed by atoms with Crippen molar-refractivity contribution in [3.05, 3.63) is 36.3 Å². The van der Waals surface area contributed by atoms with E-state index in [1.807, 2.05) is 0 Å². The summed E-state index contributed by atoms with van der Waals surface area (Å²) in [4.78, 5) is 24.2. The van der Waals surface area contributed by atoms with Crippen LogP contribution < -0.4 is 5.32 Å². The molecule has 1 N–H and O–H groups in total. The third-order valence-electron chi connectivity index (χ3n) is 5.44. The number of thiophene rings is 1. The molecule has 0 fully saturated rings. The predicted molar refractivity (Wildman–Crippen MR) is 114 cm³/mol. The molecule has 0 saturated heterocycles. The number of amides is 1. The Labute approximate surface area is 181 Å². The summed E-state index contributed by atoms with van der Waals surface area (Å²) in [5, 5.41) is 27.9. The zero-order valence-corrected chi connectivity index (χ0v) is 19.1. The second-order valence-corrected chi connectivity index (χ2v) is 10.2. The summed E-state index contributed by atoms with van der Waals surface area (Å²) in [5.41, 5.74) is 2.26. The summed E-state index contributed by atoms with van der Waals surface area (Å²) in [6, 6.07) is 2.24. The number of fused-ring (bicyclic) bond motifs is 1. The fraction of sp³-hybridized carbons (Fsp3) is 0.526. The molecule has 0 aromatic carbocycles. The Hall–Kier alpha value is -2.25. The molecule has 1 amide bonds. The van der Waals surface area contributed by atoms with E-state index in [2.05, 4.69) is 53.2 Å². The summed E-state index contributed by atoms with van der Waals surface area (Å²) >= 11 is 4.60. The molecule has 0 saturated carbocycles. The highest BCUT2D eigenvalue weighted by Crippen LogP contribution is 2.44. The van der Waals surface area contributed by atoms with Gasteiger partial charge < -0.3 is 15.4 Å². The van der Waals surface area contributed by atoms with Crippen molar-refractivity contribution in [1.82, 2.24) is 9.78 Å². The molecule has 0 unspecified atom stereocenters. The molecule has 0 radical (unpaired) electrons. The van der Waals surface area contributed by atoms with Crippen molar-refractivity contribution < 1.29 is 9.72 Å². The molecule has 1 aliphatic carbocycles. The Morgan fingerprint density at radius 3 is 2.76 bits per heavy atom. The number of nitrogens with zero attached hydrogens (tertiary/aromatic N) is 4. The molecule has 29 heavy (non-hydrogen) atoms. The van der Waals surface area contributed by atoms with Gasteiger partial charge in [-0.2, -0.15) is 9.94 Å². The van der Waals surface area contributed by atoms with Crippen LogP contribution in [0, 0.1) is 39.7 Å². The number of carbonyl (C=O) groups excluding carboxylic acids is 1. The summed E-state index contributed by atoms with van der Waals surface area (Å²) < 4.78 is 1.54. The largest absolute Gasteiger partial charge is 0.404 e. The Morgan fingerprint density at radius 1 is 1.52 bits per heavy atom. The van der Waals surface area contributed by atoms with E-state index in [4.69, 9.17) is 0 Å². The average molecular weight is 480 g/mol. The lowest BCUT2D eigenvalue weighted by molar-refractivity contribution is -0.390. The maximum absolute atomic E-state index is 12.6. The van der Waals surface area contributed by atoms with Crippen molar-refractivity contribution in [3.8, 4) is 6.07 Å². The zero-order chi connectivity index (χ0) is 21.5. The fourth-order valence-corrected chi connectivity index (χ4v) is 5.34. The summed E-state index contributed by atoms with van der Waals surface area (Å²) in [7, 11) is 0. The Kier molecular flexibility index (Phi) is 5.83. The van der Waals surface area contributed by atoms with Crippen LogP contribution in [0.25, 0.3) is 0 Å². The first kappa shape index (κ1) is 21.5. The monoisotopic (exact) mass is 479 g/mol. The second kappa shape index (κ2) is 7.88. The van der Waals surface area contributed by atoms with Gasteiger partial charge in [-0.25, -0.2) is 0 Å². The molecule has 8 nitrogen and oxygen atoms in total. The fourth-order valence-electron chi connectivity index (χ4n) is 3.61. The standard InChI is InChI=1S/C19H22BrN5O3S/c1-10-16(20)17(25(27)28)23-24(10)9-15(26)22-18-13(8-21)12-6-5-11(19(2,3)4)7-14(12)29-18/h11H,5-7,9H2,1-4H3,(H,22,26)/t11-/m0/s1. The van der Waals surface area contributed by atoms with Gasteiger partial charge in [-0.3, -0.25) is 4.79 Å². The van der Waals surface area contributed by atoms with Gasteiger partial charge in [0.1, 0.15) is 22.1 Å². The van der Waals surface area contributed by atoms with E-state index in [1.165, 1.54) is 16.0 Å². The third kappa shape index (κ3) is 4.21. The van der Waals surface area contributed by atoms with Crippen molar-refractivity contribution in [2.24, 2.45) is 11.3 Å². The molecule has 154 valence electrons. The lowest BCUT2D eigenvalue weighted by Crippen LogP contribution is -2.26. The van der Waals surface area contributed by atoms with E-state index in [-0.39, 0.29) is 28.2 Å². The Bertz CT molecular complexity index is 1030. The van der Waals surface area contributed by atoms with E-state index in [9.17, 15) is 20.2 Å². The number of nitriles is 1. The molecular weight excluding hydrogens is 458 g/mol. The topological polar surface area (TPSA) is 114 Å². The van der Waals surface area contributed by atoms with E-state index in [0.717, 1.165) is 29.7 Å². The van der Waals surface area contributed by atoms with Gasteiger partial charge in [0.05, 0.1) is 16.4 Å². The van der Waals surface area contributed by atoms with Crippen LogP contribution in [0.15, 0.2) is 4.47 Å². The van der Waals surface area contributed by atoms with Crippen LogP contribution in [0.2, 0.25) is 0 Å². The number of nitrogens with one attached hydrogen (secondary N) is 1. The predicted octanol–water partition coefficient (Wildman–Crippen LogP) is 4.59. The average Bonchev–Trinajstić information content (AvgIpc) is 3.11. The van der Waals surface area contributed by atoms with Crippen LogP contribution in [0.3, 0.4) is 0 Å². The number of anilines is 1. The van der Waals surface area contributed by atoms with Crippen LogP contribution in [-0.4, -0.2) is 20.6 Å². The van der Waals surface area contributed by atoms with Gasteiger partial charge in [0.25, 0.3) is 0 Å². The summed E-state index contributed by atoms with van der Waals surface area (Å²) in [6.45, 7) is 8.17. The van der Waals surface area contributed by atoms with E-state index in [1.54, 1.807) is 6.92 Å². The number of aromatic nitrogens is 2. The maximum atomic E-state index is 12.6. The molecule has 3 rings (SSSR count). The third-order valence-corrected chi connectivity index (χ3v) is 7.54. The number of hydrogen-bond acceptors (Lipinski definition) is 6. The first-order valence-corrected chi connectivity index (χ1v) is 10.9. The number of halogens is 1. The number of nitro groups is 1. The van der Waals surface area contributed by atoms with Crippen molar-refractivity contribution in [2.45, 2.75) is 53.5 Å². The zero-order valence-electron chi connectivity index (χ0n) is 16.7. The molecule has 2 heterocycles. The highest BCUT2D eigenvalue weighted by atomic mass is 79.9. The van der Waals surface area contributed by atoms with E-state index >= 15 is 0 Å². The van der Waals surface area contributed by atoms with Crippen LogP contribution in [0.1, 0.15) is 48.9 Å². The highest BCUT2D eigenvalue weighted by molar-refractivity contribution is 9.10. The molecular formula is C19H22BrN5O3S. The van der Waals surface area contributed by atoms with E-state index < -0.39 is 4.92 Å². The molecule has 2 aromatic heterocycles. The molecule has 0 bridgehead atoms. The molecule has 2 aromatic rings. The van der Waals surface area contributed by atoms with Crippen molar-refractivity contribution >= 4 is 44.0 Å². The Balaban J connectivity index is 1.80. The van der Waals surface area contributed by atoms with Crippen molar-refractivity contribution in [1.29, 1.82) is 5.26 Å². The first-order chi connectivity index (χ1) is 13.5. The van der Waals surface area contributed by atoms with E-state index in [0.29, 0.717) is 22.2 Å². The van der Waals surface area contributed by atoms with Crippen LogP contribution in [0.5, 0.6) is 0 Å². The Morgan fingerprint density at radius 2 is 2.21 bits per heavy atom. The smallest absolute Gasteiger partial charge is 0.358 e. The van der Waals surface area contributed by atoms with Crippen LogP contribution in [-0.2, 0) is 24.2 Å². The van der Waals surface area contributed by atoms with Crippen LogP contribution >= 0.6 is 27.3 Å². The highest BCUT2D eigenvalue weighted by Gasteiger charge is 2.32. The second-order valence-electron chi connectivity index (χ2n) is 8.31. The number of carbonyl (C=O) groups is 1. The van der Waals surface area contributed by atoms with Crippen LogP contribution in [0.4, 0.5) is 10.8 Å². The van der Waals surface area contributed by atoms with Gasteiger partial charge in [-0.05, 0) is 63.9 Å². The van der Waals surface area contributed by atoms with Gasteiger partial charge >= 0.3 is 5.82 Å². The van der Waals surface area contributed by atoms with Gasteiger partial charge in [-0.15, -0.1) is 11.3 Å². The number of rotatable bonds is 4. The van der Waals surface area contributed by atoms with Gasteiger partial charge in [-0.1, -0.05) is 20.8 Å². The lowest BCUT2D eigenvalue weighted by Gasteiger charge is -2.33.